The maximum absolute atomic E-state index is 12.5. The SMILES string of the molecule is Cc1c2n(c3ccccc13)C(CC(=O)c1ccccc1)CC2. The van der Waals surface area contributed by atoms with Gasteiger partial charge in [0.1, 0.15) is 0 Å². The molecule has 0 aliphatic carbocycles. The number of hydrogen-bond donors (Lipinski definition) is 0. The molecular formula is C20H19NO. The van der Waals surface area contributed by atoms with Crippen molar-refractivity contribution in [1.82, 2.24) is 4.57 Å². The first kappa shape index (κ1) is 13.3. The molecule has 1 aromatic heterocycles. The van der Waals surface area contributed by atoms with Gasteiger partial charge in [0.05, 0.1) is 0 Å². The van der Waals surface area contributed by atoms with Gasteiger partial charge >= 0.3 is 0 Å². The molecule has 110 valence electrons. The Morgan fingerprint density at radius 3 is 2.64 bits per heavy atom. The van der Waals surface area contributed by atoms with E-state index in [1.807, 2.05) is 30.3 Å². The molecule has 2 aromatic carbocycles. The van der Waals surface area contributed by atoms with Gasteiger partial charge in [0, 0.05) is 34.6 Å². The van der Waals surface area contributed by atoms with Gasteiger partial charge < -0.3 is 4.57 Å². The van der Waals surface area contributed by atoms with Crippen molar-refractivity contribution in [1.29, 1.82) is 0 Å². The molecule has 4 rings (SSSR count). The molecule has 0 saturated heterocycles. The Kier molecular flexibility index (Phi) is 3.11. The number of nitrogens with zero attached hydrogens (tertiary/aromatic N) is 1. The van der Waals surface area contributed by atoms with Crippen LogP contribution in [-0.4, -0.2) is 10.4 Å². The zero-order valence-electron chi connectivity index (χ0n) is 12.8. The highest BCUT2D eigenvalue weighted by molar-refractivity contribution is 5.96. The van der Waals surface area contributed by atoms with E-state index in [9.17, 15) is 4.79 Å². The number of aryl methyl sites for hydroxylation is 1. The quantitative estimate of drug-likeness (QED) is 0.640. The number of aromatic nitrogens is 1. The number of ketones is 1. The van der Waals surface area contributed by atoms with Crippen LogP contribution in [0.3, 0.4) is 0 Å². The lowest BCUT2D eigenvalue weighted by molar-refractivity contribution is 0.0965. The predicted molar refractivity (Wildman–Crippen MR) is 89.4 cm³/mol. The molecule has 1 atom stereocenters. The maximum Gasteiger partial charge on any atom is 0.164 e. The fourth-order valence-corrected chi connectivity index (χ4v) is 3.79. The molecule has 0 N–H and O–H groups in total. The highest BCUT2D eigenvalue weighted by Crippen LogP contribution is 2.38. The number of benzene rings is 2. The lowest BCUT2D eigenvalue weighted by Crippen LogP contribution is -2.10. The molecule has 1 aliphatic rings. The summed E-state index contributed by atoms with van der Waals surface area (Å²) in [7, 11) is 0. The smallest absolute Gasteiger partial charge is 0.164 e. The Bertz CT molecular complexity index is 845. The van der Waals surface area contributed by atoms with Crippen LogP contribution in [0.1, 0.15) is 40.5 Å². The van der Waals surface area contributed by atoms with Gasteiger partial charge in [-0.05, 0) is 31.4 Å². The van der Waals surface area contributed by atoms with E-state index in [1.165, 1.54) is 22.2 Å². The summed E-state index contributed by atoms with van der Waals surface area (Å²) in [5, 5.41) is 1.33. The Hall–Kier alpha value is -2.35. The van der Waals surface area contributed by atoms with Gasteiger partial charge in [0.2, 0.25) is 0 Å². The van der Waals surface area contributed by atoms with Crippen LogP contribution in [0.2, 0.25) is 0 Å². The van der Waals surface area contributed by atoms with Crippen LogP contribution >= 0.6 is 0 Å². The summed E-state index contributed by atoms with van der Waals surface area (Å²) in [6, 6.07) is 18.5. The molecule has 0 saturated carbocycles. The molecule has 0 radical (unpaired) electrons. The first-order chi connectivity index (χ1) is 10.8. The zero-order chi connectivity index (χ0) is 15.1. The molecule has 1 aliphatic heterocycles. The van der Waals surface area contributed by atoms with E-state index in [-0.39, 0.29) is 5.78 Å². The van der Waals surface area contributed by atoms with E-state index in [0.29, 0.717) is 12.5 Å². The molecule has 0 fully saturated rings. The highest BCUT2D eigenvalue weighted by atomic mass is 16.1. The molecule has 1 unspecified atom stereocenters. The average molecular weight is 289 g/mol. The summed E-state index contributed by atoms with van der Waals surface area (Å²) in [5.74, 6) is 0.244. The Balaban J connectivity index is 1.70. The van der Waals surface area contributed by atoms with Crippen molar-refractivity contribution in [2.45, 2.75) is 32.2 Å². The highest BCUT2D eigenvalue weighted by Gasteiger charge is 2.28. The maximum atomic E-state index is 12.5. The molecule has 3 aromatic rings. The molecule has 0 amide bonds. The van der Waals surface area contributed by atoms with Crippen LogP contribution in [0, 0.1) is 6.92 Å². The van der Waals surface area contributed by atoms with Gasteiger partial charge in [-0.25, -0.2) is 0 Å². The number of para-hydroxylation sites is 1. The molecule has 22 heavy (non-hydrogen) atoms. The Morgan fingerprint density at radius 2 is 1.82 bits per heavy atom. The van der Waals surface area contributed by atoms with E-state index in [1.54, 1.807) is 0 Å². The third-order valence-electron chi connectivity index (χ3n) is 4.89. The predicted octanol–water partition coefficient (Wildman–Crippen LogP) is 4.71. The number of carbonyl (C=O) groups excluding carboxylic acids is 1. The van der Waals surface area contributed by atoms with Crippen molar-refractivity contribution in [2.75, 3.05) is 0 Å². The number of carbonyl (C=O) groups is 1. The minimum absolute atomic E-state index is 0.244. The molecule has 2 nitrogen and oxygen atoms in total. The van der Waals surface area contributed by atoms with Crippen LogP contribution in [0.15, 0.2) is 54.6 Å². The van der Waals surface area contributed by atoms with E-state index in [4.69, 9.17) is 0 Å². The fraction of sp³-hybridized carbons (Fsp3) is 0.250. The number of fused-ring (bicyclic) bond motifs is 3. The van der Waals surface area contributed by atoms with Crippen molar-refractivity contribution in [3.63, 3.8) is 0 Å². The largest absolute Gasteiger partial charge is 0.341 e. The first-order valence-corrected chi connectivity index (χ1v) is 7.92. The van der Waals surface area contributed by atoms with Gasteiger partial charge in [-0.15, -0.1) is 0 Å². The second-order valence-electron chi connectivity index (χ2n) is 6.14. The summed E-state index contributed by atoms with van der Waals surface area (Å²) in [5.41, 5.74) is 4.89. The van der Waals surface area contributed by atoms with Crippen molar-refractivity contribution in [2.24, 2.45) is 0 Å². The normalized spacial score (nSPS) is 16.9. The van der Waals surface area contributed by atoms with Crippen LogP contribution in [0.4, 0.5) is 0 Å². The van der Waals surface area contributed by atoms with Gasteiger partial charge in [0.15, 0.2) is 5.78 Å². The third-order valence-corrected chi connectivity index (χ3v) is 4.89. The van der Waals surface area contributed by atoms with E-state index in [2.05, 4.69) is 35.8 Å². The molecular weight excluding hydrogens is 270 g/mol. The first-order valence-electron chi connectivity index (χ1n) is 7.92. The minimum Gasteiger partial charge on any atom is -0.341 e. The topological polar surface area (TPSA) is 22.0 Å². The van der Waals surface area contributed by atoms with Crippen molar-refractivity contribution >= 4 is 16.7 Å². The van der Waals surface area contributed by atoms with Crippen LogP contribution < -0.4 is 0 Å². The van der Waals surface area contributed by atoms with Gasteiger partial charge in [0.25, 0.3) is 0 Å². The standard InChI is InChI=1S/C20H19NO/c1-14-17-9-5-6-10-19(17)21-16(11-12-18(14)21)13-20(22)15-7-3-2-4-8-15/h2-10,16H,11-13H2,1H3. The van der Waals surface area contributed by atoms with E-state index in [0.717, 1.165) is 18.4 Å². The number of Topliss-reactive ketones (excluding diaryl/α,β-unsaturated/α-hetero) is 1. The summed E-state index contributed by atoms with van der Waals surface area (Å²) >= 11 is 0. The van der Waals surface area contributed by atoms with Crippen LogP contribution in [0.25, 0.3) is 10.9 Å². The number of hydrogen-bond acceptors (Lipinski definition) is 1. The Morgan fingerprint density at radius 1 is 1.09 bits per heavy atom. The zero-order valence-corrected chi connectivity index (χ0v) is 12.8. The van der Waals surface area contributed by atoms with E-state index >= 15 is 0 Å². The number of rotatable bonds is 3. The monoisotopic (exact) mass is 289 g/mol. The lowest BCUT2D eigenvalue weighted by Gasteiger charge is -2.14. The van der Waals surface area contributed by atoms with Crippen molar-refractivity contribution in [3.8, 4) is 0 Å². The second kappa shape index (κ2) is 5.13. The minimum atomic E-state index is 0.244. The summed E-state index contributed by atoms with van der Waals surface area (Å²) < 4.78 is 2.41. The van der Waals surface area contributed by atoms with E-state index < -0.39 is 0 Å². The van der Waals surface area contributed by atoms with Crippen molar-refractivity contribution < 1.29 is 4.79 Å². The van der Waals surface area contributed by atoms with Crippen molar-refractivity contribution in [3.05, 3.63) is 71.4 Å². The van der Waals surface area contributed by atoms with Gasteiger partial charge in [-0.3, -0.25) is 4.79 Å². The van der Waals surface area contributed by atoms with Crippen LogP contribution in [0.5, 0.6) is 0 Å². The molecule has 0 spiro atoms. The second-order valence-corrected chi connectivity index (χ2v) is 6.14. The Labute approximate surface area is 130 Å². The summed E-state index contributed by atoms with van der Waals surface area (Å²) in [6.07, 6.45) is 2.74. The fourth-order valence-electron chi connectivity index (χ4n) is 3.79. The molecule has 2 heterocycles. The van der Waals surface area contributed by atoms with Gasteiger partial charge in [-0.2, -0.15) is 0 Å². The van der Waals surface area contributed by atoms with Gasteiger partial charge in [-0.1, -0.05) is 48.5 Å². The lowest BCUT2D eigenvalue weighted by atomic mass is 10.0. The molecule has 0 bridgehead atoms. The summed E-state index contributed by atoms with van der Waals surface area (Å²) in [6.45, 7) is 2.20. The average Bonchev–Trinajstić information content (AvgIpc) is 3.09. The summed E-state index contributed by atoms with van der Waals surface area (Å²) in [4.78, 5) is 12.5. The molecule has 2 heteroatoms. The van der Waals surface area contributed by atoms with Crippen LogP contribution in [-0.2, 0) is 6.42 Å². The third kappa shape index (κ3) is 1.98.